The molecule has 34 heavy (non-hydrogen) atoms. The Bertz CT molecular complexity index is 1250. The molecule has 0 aliphatic carbocycles. The number of tetrazole rings is 1. The molecule has 0 saturated heterocycles. The third-order valence-corrected chi connectivity index (χ3v) is 6.01. The predicted molar refractivity (Wildman–Crippen MR) is 132 cm³/mol. The Morgan fingerprint density at radius 3 is 2.32 bits per heavy atom. The Balaban J connectivity index is 1.22. The van der Waals surface area contributed by atoms with E-state index < -0.39 is 5.91 Å². The summed E-state index contributed by atoms with van der Waals surface area (Å²) in [5.41, 5.74) is 8.18. The van der Waals surface area contributed by atoms with Gasteiger partial charge in [-0.2, -0.15) is 4.80 Å². The lowest BCUT2D eigenvalue weighted by molar-refractivity contribution is -0.119. The van der Waals surface area contributed by atoms with Crippen molar-refractivity contribution < 1.29 is 9.59 Å². The zero-order valence-corrected chi connectivity index (χ0v) is 19.6. The molecular formula is C24H21ClN6O2S. The summed E-state index contributed by atoms with van der Waals surface area (Å²) in [6, 6.07) is 24.1. The highest BCUT2D eigenvalue weighted by molar-refractivity contribution is 7.99. The number of hydrogen-bond donors (Lipinski definition) is 2. The van der Waals surface area contributed by atoms with Crippen LogP contribution in [0.2, 0.25) is 5.02 Å². The van der Waals surface area contributed by atoms with Crippen molar-refractivity contribution in [2.45, 2.75) is 12.3 Å². The van der Waals surface area contributed by atoms with Crippen LogP contribution in [0.25, 0.3) is 11.4 Å². The lowest BCUT2D eigenvalue weighted by Crippen LogP contribution is -2.42. The Morgan fingerprint density at radius 1 is 0.882 bits per heavy atom. The van der Waals surface area contributed by atoms with Crippen LogP contribution in [-0.4, -0.2) is 37.8 Å². The maximum Gasteiger partial charge on any atom is 0.269 e. The van der Waals surface area contributed by atoms with Gasteiger partial charge in [-0.25, -0.2) is 0 Å². The molecule has 0 atom stereocenters. The summed E-state index contributed by atoms with van der Waals surface area (Å²) in [7, 11) is 0. The van der Waals surface area contributed by atoms with Gasteiger partial charge in [0.2, 0.25) is 11.7 Å². The molecule has 2 amide bonds. The van der Waals surface area contributed by atoms with Crippen LogP contribution in [0.4, 0.5) is 0 Å². The fourth-order valence-corrected chi connectivity index (χ4v) is 3.93. The summed E-state index contributed by atoms with van der Waals surface area (Å²) >= 11 is 7.31. The minimum absolute atomic E-state index is 0.220. The minimum Gasteiger partial charge on any atom is -0.272 e. The molecule has 0 saturated carbocycles. The topological polar surface area (TPSA) is 102 Å². The molecule has 1 heterocycles. The second-order valence-corrected chi connectivity index (χ2v) is 8.75. The van der Waals surface area contributed by atoms with E-state index in [1.54, 1.807) is 12.1 Å². The first-order valence-corrected chi connectivity index (χ1v) is 11.9. The predicted octanol–water partition coefficient (Wildman–Crippen LogP) is 3.74. The van der Waals surface area contributed by atoms with Crippen LogP contribution in [0.1, 0.15) is 21.5 Å². The van der Waals surface area contributed by atoms with Gasteiger partial charge in [0.15, 0.2) is 0 Å². The lowest BCUT2D eigenvalue weighted by Gasteiger charge is -2.08. The Morgan fingerprint density at radius 2 is 1.59 bits per heavy atom. The number of hydrogen-bond acceptors (Lipinski definition) is 6. The van der Waals surface area contributed by atoms with Crippen molar-refractivity contribution in [1.29, 1.82) is 0 Å². The van der Waals surface area contributed by atoms with Gasteiger partial charge < -0.3 is 0 Å². The molecule has 1 aromatic heterocycles. The van der Waals surface area contributed by atoms with Crippen LogP contribution < -0.4 is 10.9 Å². The van der Waals surface area contributed by atoms with Gasteiger partial charge in [0.1, 0.15) is 0 Å². The van der Waals surface area contributed by atoms with Gasteiger partial charge in [0, 0.05) is 21.9 Å². The van der Waals surface area contributed by atoms with Gasteiger partial charge in [-0.15, -0.1) is 22.0 Å². The average molecular weight is 493 g/mol. The van der Waals surface area contributed by atoms with E-state index in [-0.39, 0.29) is 11.7 Å². The molecule has 0 aliphatic rings. The van der Waals surface area contributed by atoms with Crippen LogP contribution >= 0.6 is 23.4 Å². The van der Waals surface area contributed by atoms with E-state index in [4.69, 9.17) is 11.6 Å². The largest absolute Gasteiger partial charge is 0.272 e. The monoisotopic (exact) mass is 492 g/mol. The van der Waals surface area contributed by atoms with Gasteiger partial charge >= 0.3 is 0 Å². The van der Waals surface area contributed by atoms with Crippen molar-refractivity contribution in [2.75, 3.05) is 5.75 Å². The number of nitrogens with zero attached hydrogens (tertiary/aromatic N) is 4. The fraction of sp³-hybridized carbons (Fsp3) is 0.125. The summed E-state index contributed by atoms with van der Waals surface area (Å²) in [4.78, 5) is 25.8. The molecule has 10 heteroatoms. The summed E-state index contributed by atoms with van der Waals surface area (Å²) in [5, 5.41) is 13.2. The molecule has 0 bridgehead atoms. The van der Waals surface area contributed by atoms with Crippen LogP contribution in [0.3, 0.4) is 0 Å². The first-order chi connectivity index (χ1) is 16.6. The number of halogens is 1. The van der Waals surface area contributed by atoms with Crippen molar-refractivity contribution in [3.05, 3.63) is 101 Å². The third-order valence-electron chi connectivity index (χ3n) is 4.76. The zero-order chi connectivity index (χ0) is 23.8. The number of benzene rings is 3. The Hall–Kier alpha value is -3.69. The molecule has 4 rings (SSSR count). The number of hydrazine groups is 1. The first kappa shape index (κ1) is 23.5. The molecule has 0 radical (unpaired) electrons. The summed E-state index contributed by atoms with van der Waals surface area (Å²) < 4.78 is 0. The van der Waals surface area contributed by atoms with Crippen LogP contribution in [0, 0.1) is 0 Å². The van der Waals surface area contributed by atoms with Gasteiger partial charge in [-0.3, -0.25) is 20.4 Å². The van der Waals surface area contributed by atoms with E-state index in [1.165, 1.54) is 16.6 Å². The molecule has 2 N–H and O–H groups in total. The highest BCUT2D eigenvalue weighted by Crippen LogP contribution is 2.15. The van der Waals surface area contributed by atoms with Gasteiger partial charge in [0.05, 0.1) is 12.3 Å². The fourth-order valence-electron chi connectivity index (χ4n) is 3.01. The van der Waals surface area contributed by atoms with Crippen molar-refractivity contribution in [3.8, 4) is 11.4 Å². The number of rotatable bonds is 8. The summed E-state index contributed by atoms with van der Waals surface area (Å²) in [6.45, 7) is 0.420. The second-order valence-electron chi connectivity index (χ2n) is 7.33. The molecule has 3 aromatic carbocycles. The smallest absolute Gasteiger partial charge is 0.269 e. The summed E-state index contributed by atoms with van der Waals surface area (Å²) in [6.07, 6.45) is 0. The minimum atomic E-state index is -0.396. The number of aromatic nitrogens is 4. The number of amides is 2. The maximum absolute atomic E-state index is 12.3. The van der Waals surface area contributed by atoms with E-state index in [0.717, 1.165) is 16.7 Å². The van der Waals surface area contributed by atoms with E-state index >= 15 is 0 Å². The average Bonchev–Trinajstić information content (AvgIpc) is 3.33. The molecule has 0 fully saturated rings. The SMILES string of the molecule is O=C(CSCc1ccc(Cl)cc1)NNC(=O)c1ccc(Cn2nnc(-c3ccccc3)n2)cc1. The lowest BCUT2D eigenvalue weighted by atomic mass is 10.1. The molecule has 8 nitrogen and oxygen atoms in total. The van der Waals surface area contributed by atoms with Crippen molar-refractivity contribution in [1.82, 2.24) is 31.1 Å². The normalized spacial score (nSPS) is 10.6. The quantitative estimate of drug-likeness (QED) is 0.363. The highest BCUT2D eigenvalue weighted by atomic mass is 35.5. The number of thioether (sulfide) groups is 1. The van der Waals surface area contributed by atoms with E-state index in [2.05, 4.69) is 26.3 Å². The van der Waals surface area contributed by atoms with Crippen LogP contribution in [0.5, 0.6) is 0 Å². The van der Waals surface area contributed by atoms with Crippen LogP contribution in [0.15, 0.2) is 78.9 Å². The first-order valence-electron chi connectivity index (χ1n) is 10.4. The Labute approximate surface area is 205 Å². The number of carbonyl (C=O) groups excluding carboxylic acids is 2. The maximum atomic E-state index is 12.3. The van der Waals surface area contributed by atoms with Gasteiger partial charge in [-0.1, -0.05) is 66.2 Å². The van der Waals surface area contributed by atoms with E-state index in [9.17, 15) is 9.59 Å². The summed E-state index contributed by atoms with van der Waals surface area (Å²) in [5.74, 6) is 0.771. The number of nitrogens with one attached hydrogen (secondary N) is 2. The van der Waals surface area contributed by atoms with Gasteiger partial charge in [0.25, 0.3) is 5.91 Å². The molecule has 0 spiro atoms. The highest BCUT2D eigenvalue weighted by Gasteiger charge is 2.09. The molecule has 4 aromatic rings. The zero-order valence-electron chi connectivity index (χ0n) is 18.0. The second kappa shape index (κ2) is 11.4. The molecule has 0 unspecified atom stereocenters. The molecule has 0 aliphatic heterocycles. The number of carbonyl (C=O) groups is 2. The Kier molecular flexibility index (Phi) is 7.90. The van der Waals surface area contributed by atoms with Crippen molar-refractivity contribution in [2.24, 2.45) is 0 Å². The van der Waals surface area contributed by atoms with E-state index in [0.29, 0.717) is 28.7 Å². The third kappa shape index (κ3) is 6.66. The molecule has 172 valence electrons. The van der Waals surface area contributed by atoms with Gasteiger partial charge in [-0.05, 0) is 40.6 Å². The van der Waals surface area contributed by atoms with E-state index in [1.807, 2.05) is 66.7 Å². The van der Waals surface area contributed by atoms with Crippen molar-refractivity contribution in [3.63, 3.8) is 0 Å². The van der Waals surface area contributed by atoms with Crippen LogP contribution in [-0.2, 0) is 17.1 Å². The standard InChI is InChI=1S/C24H21ClN6O2S/c25-21-12-8-18(9-13-21)15-34-16-22(32)26-28-24(33)20-10-6-17(7-11-20)14-31-29-23(27-30-31)19-4-2-1-3-5-19/h1-13H,14-16H2,(H,26,32)(H,28,33). The van der Waals surface area contributed by atoms with Crippen molar-refractivity contribution >= 4 is 35.2 Å². The molecular weight excluding hydrogens is 472 g/mol.